The van der Waals surface area contributed by atoms with Crippen LogP contribution >= 0.6 is 0 Å². The molecule has 0 aromatic heterocycles. The fourth-order valence-electron chi connectivity index (χ4n) is 4.88. The van der Waals surface area contributed by atoms with Gasteiger partial charge in [0.05, 0.1) is 34.0 Å². The number of ether oxygens (including phenoxy) is 4. The van der Waals surface area contributed by atoms with Gasteiger partial charge in [-0.2, -0.15) is 0 Å². The largest absolute Gasteiger partial charge is 0.497 e. The number of hydrogen-bond acceptors (Lipinski definition) is 7. The van der Waals surface area contributed by atoms with Gasteiger partial charge in [0.25, 0.3) is 5.91 Å². The van der Waals surface area contributed by atoms with Crippen molar-refractivity contribution < 1.29 is 33.3 Å². The highest BCUT2D eigenvalue weighted by Crippen LogP contribution is 2.56. The molecule has 1 amide bonds. The Morgan fingerprint density at radius 3 is 2.41 bits per heavy atom. The molecule has 0 bridgehead atoms. The predicted molar refractivity (Wildman–Crippen MR) is 114 cm³/mol. The summed E-state index contributed by atoms with van der Waals surface area (Å²) in [7, 11) is 4.34. The molecule has 2 aliphatic rings. The Balaban J connectivity index is 2.01. The average Bonchev–Trinajstić information content (AvgIpc) is 3.16. The topological polar surface area (TPSA) is 91.4 Å². The summed E-state index contributed by atoms with van der Waals surface area (Å²) in [6.45, 7) is 1.62. The zero-order valence-electron chi connectivity index (χ0n) is 18.5. The van der Waals surface area contributed by atoms with Crippen molar-refractivity contribution in [1.29, 1.82) is 0 Å². The van der Waals surface area contributed by atoms with Crippen molar-refractivity contribution in [3.05, 3.63) is 58.7 Å². The molecule has 32 heavy (non-hydrogen) atoms. The fourth-order valence-corrected chi connectivity index (χ4v) is 4.88. The number of carbonyl (C=O) groups excluding carboxylic acids is 3. The third-order valence-electron chi connectivity index (χ3n) is 6.26. The van der Waals surface area contributed by atoms with Crippen LogP contribution in [-0.2, 0) is 30.9 Å². The second-order valence-electron chi connectivity index (χ2n) is 7.76. The highest BCUT2D eigenvalue weighted by atomic mass is 16.5. The smallest absolute Gasteiger partial charge is 0.325 e. The van der Waals surface area contributed by atoms with Gasteiger partial charge in [-0.3, -0.25) is 14.4 Å². The Morgan fingerprint density at radius 2 is 1.75 bits per heavy atom. The van der Waals surface area contributed by atoms with Crippen LogP contribution < -0.4 is 9.47 Å². The van der Waals surface area contributed by atoms with Crippen LogP contribution in [0.3, 0.4) is 0 Å². The molecular weight excluding hydrogens is 414 g/mol. The van der Waals surface area contributed by atoms with Crippen LogP contribution in [0, 0.1) is 0 Å². The Kier molecular flexibility index (Phi) is 5.54. The lowest BCUT2D eigenvalue weighted by Crippen LogP contribution is -2.55. The van der Waals surface area contributed by atoms with E-state index < -0.39 is 23.4 Å². The predicted octanol–water partition coefficient (Wildman–Crippen LogP) is 2.43. The molecule has 2 aromatic carbocycles. The van der Waals surface area contributed by atoms with Gasteiger partial charge in [0.15, 0.2) is 0 Å². The van der Waals surface area contributed by atoms with Crippen molar-refractivity contribution >= 4 is 17.8 Å². The minimum absolute atomic E-state index is 0.184. The molecule has 0 spiro atoms. The molecule has 0 N–H and O–H groups in total. The minimum atomic E-state index is -1.21. The zero-order chi connectivity index (χ0) is 23.0. The fraction of sp³-hybridized carbons (Fsp3) is 0.375. The molecule has 0 saturated carbocycles. The molecule has 168 valence electrons. The number of hydrogen-bond donors (Lipinski definition) is 0. The summed E-state index contributed by atoms with van der Waals surface area (Å²) in [4.78, 5) is 40.9. The Bertz CT molecular complexity index is 1100. The van der Waals surface area contributed by atoms with Crippen molar-refractivity contribution in [3.63, 3.8) is 0 Å². The summed E-state index contributed by atoms with van der Waals surface area (Å²) in [5, 5.41) is 0. The lowest BCUT2D eigenvalue weighted by atomic mass is 9.69. The van der Waals surface area contributed by atoms with Crippen molar-refractivity contribution in [2.24, 2.45) is 0 Å². The second kappa shape index (κ2) is 8.18. The molecule has 1 heterocycles. The van der Waals surface area contributed by atoms with Gasteiger partial charge in [0, 0.05) is 5.56 Å². The molecule has 8 nitrogen and oxygen atoms in total. The first kappa shape index (κ1) is 21.7. The van der Waals surface area contributed by atoms with Crippen LogP contribution in [0.2, 0.25) is 0 Å². The Hall–Kier alpha value is -3.55. The minimum Gasteiger partial charge on any atom is -0.497 e. The quantitative estimate of drug-likeness (QED) is 0.639. The van der Waals surface area contributed by atoms with Crippen LogP contribution in [0.4, 0.5) is 0 Å². The highest BCUT2D eigenvalue weighted by Gasteiger charge is 2.61. The molecule has 2 aromatic rings. The van der Waals surface area contributed by atoms with Gasteiger partial charge in [-0.15, -0.1) is 0 Å². The number of carbonyl (C=O) groups is 3. The number of fused-ring (bicyclic) bond motifs is 5. The van der Waals surface area contributed by atoms with E-state index in [0.717, 1.165) is 11.1 Å². The summed E-state index contributed by atoms with van der Waals surface area (Å²) < 4.78 is 21.1. The molecular formula is C24H25NO7. The first-order valence-corrected chi connectivity index (χ1v) is 10.3. The maximum Gasteiger partial charge on any atom is 0.325 e. The third-order valence-corrected chi connectivity index (χ3v) is 6.26. The van der Waals surface area contributed by atoms with Gasteiger partial charge in [0.1, 0.15) is 23.5 Å². The van der Waals surface area contributed by atoms with Crippen molar-refractivity contribution in [1.82, 2.24) is 4.90 Å². The van der Waals surface area contributed by atoms with Crippen molar-refractivity contribution in [3.8, 4) is 11.5 Å². The maximum atomic E-state index is 13.6. The van der Waals surface area contributed by atoms with Gasteiger partial charge in [-0.1, -0.05) is 12.1 Å². The molecule has 4 rings (SSSR count). The van der Waals surface area contributed by atoms with E-state index in [0.29, 0.717) is 29.0 Å². The number of amides is 1. The number of methoxy groups -OCH3 is 3. The van der Waals surface area contributed by atoms with E-state index >= 15 is 0 Å². The molecule has 8 heteroatoms. The van der Waals surface area contributed by atoms with Crippen LogP contribution in [0.5, 0.6) is 11.5 Å². The van der Waals surface area contributed by atoms with Gasteiger partial charge in [-0.05, 0) is 54.3 Å². The molecule has 0 unspecified atom stereocenters. The van der Waals surface area contributed by atoms with Crippen LogP contribution in [0.15, 0.2) is 36.4 Å². The molecule has 1 aliphatic heterocycles. The van der Waals surface area contributed by atoms with Crippen molar-refractivity contribution in [2.45, 2.75) is 24.8 Å². The maximum absolute atomic E-state index is 13.6. The molecule has 1 aliphatic carbocycles. The lowest BCUT2D eigenvalue weighted by Gasteiger charge is -2.45. The van der Waals surface area contributed by atoms with Crippen LogP contribution in [0.25, 0.3) is 0 Å². The average molecular weight is 439 g/mol. The SMILES string of the molecule is CCOC(=O)[C@]12Cc3cc(OC)ccc3[C@H]1N(CC(=O)OC)C(=O)c1cc(OC)ccc12. The van der Waals surface area contributed by atoms with E-state index in [1.807, 2.05) is 12.1 Å². The first-order valence-electron chi connectivity index (χ1n) is 10.3. The van der Waals surface area contributed by atoms with E-state index in [-0.39, 0.29) is 19.1 Å². The first-order chi connectivity index (χ1) is 15.4. The normalized spacial score (nSPS) is 20.7. The summed E-state index contributed by atoms with van der Waals surface area (Å²) >= 11 is 0. The molecule has 0 radical (unpaired) electrons. The molecule has 2 atom stereocenters. The van der Waals surface area contributed by atoms with Crippen molar-refractivity contribution in [2.75, 3.05) is 34.5 Å². The zero-order valence-corrected chi connectivity index (χ0v) is 18.5. The molecule has 0 fully saturated rings. The third kappa shape index (κ3) is 3.09. The lowest BCUT2D eigenvalue weighted by molar-refractivity contribution is -0.154. The summed E-state index contributed by atoms with van der Waals surface area (Å²) in [5.41, 5.74) is 1.28. The van der Waals surface area contributed by atoms with Gasteiger partial charge in [0.2, 0.25) is 0 Å². The summed E-state index contributed by atoms with van der Waals surface area (Å²) in [5.74, 6) is -0.289. The monoisotopic (exact) mass is 439 g/mol. The summed E-state index contributed by atoms with van der Waals surface area (Å²) in [6.07, 6.45) is 0.299. The highest BCUT2D eigenvalue weighted by molar-refractivity contribution is 6.04. The van der Waals surface area contributed by atoms with Gasteiger partial charge in [-0.25, -0.2) is 0 Å². The van der Waals surface area contributed by atoms with E-state index in [9.17, 15) is 14.4 Å². The summed E-state index contributed by atoms with van der Waals surface area (Å²) in [6, 6.07) is 9.82. The van der Waals surface area contributed by atoms with E-state index in [1.165, 1.54) is 19.1 Å². The number of esters is 2. The Labute approximate surface area is 186 Å². The van der Waals surface area contributed by atoms with Crippen LogP contribution in [-0.4, -0.2) is 57.2 Å². The number of benzene rings is 2. The standard InChI is InChI=1S/C24H25NO7/c1-5-32-23(28)24-12-14-10-15(29-2)6-8-17(14)21(24)25(13-20(26)31-4)22(27)18-11-16(30-3)7-9-19(18)24/h6-11,21H,5,12-13H2,1-4H3/t21-,24+/m1/s1. The Morgan fingerprint density at radius 1 is 1.06 bits per heavy atom. The van der Waals surface area contributed by atoms with E-state index in [4.69, 9.17) is 18.9 Å². The number of rotatable bonds is 6. The van der Waals surface area contributed by atoms with Gasteiger partial charge >= 0.3 is 11.9 Å². The van der Waals surface area contributed by atoms with Crippen LogP contribution in [0.1, 0.15) is 40.0 Å². The molecule has 0 saturated heterocycles. The van der Waals surface area contributed by atoms with Gasteiger partial charge < -0.3 is 23.8 Å². The second-order valence-corrected chi connectivity index (χ2v) is 7.76. The van der Waals surface area contributed by atoms with E-state index in [1.54, 1.807) is 38.3 Å². The number of nitrogens with zero attached hydrogens (tertiary/aromatic N) is 1. The van der Waals surface area contributed by atoms with E-state index in [2.05, 4.69) is 0 Å².